The van der Waals surface area contributed by atoms with Gasteiger partial charge in [0.1, 0.15) is 0 Å². The minimum atomic E-state index is 0. The van der Waals surface area contributed by atoms with Crippen molar-refractivity contribution in [2.24, 2.45) is 10.8 Å². The van der Waals surface area contributed by atoms with Gasteiger partial charge in [-0.3, -0.25) is 10.4 Å². The van der Waals surface area contributed by atoms with Crippen LogP contribution < -0.4 is 11.3 Å². The fourth-order valence-electron chi connectivity index (χ4n) is 1.32. The number of nitrogens with two attached hydrogens (primary N) is 1. The van der Waals surface area contributed by atoms with Gasteiger partial charge in [-0.25, -0.2) is 5.84 Å². The van der Waals surface area contributed by atoms with Crippen LogP contribution in [-0.2, 0) is 0 Å². The normalized spacial score (nSPS) is 17.5. The van der Waals surface area contributed by atoms with E-state index in [0.29, 0.717) is 0 Å². The van der Waals surface area contributed by atoms with Gasteiger partial charge in [0.05, 0.1) is 0 Å². The van der Waals surface area contributed by atoms with Crippen LogP contribution in [0.1, 0.15) is 19.8 Å². The first kappa shape index (κ1) is 11.5. The molecule has 0 aliphatic carbocycles. The Bertz CT molecular complexity index is 142. The summed E-state index contributed by atoms with van der Waals surface area (Å²) in [6, 6.07) is 0. The Morgan fingerprint density at radius 2 is 2.08 bits per heavy atom. The number of nitrogens with zero attached hydrogens (tertiary/aromatic N) is 2. The standard InChI is InChI=1S/C7H16N4.ClH/c1-2-9-7(10-8)11-5-3-4-6-11;/h2-6,8H2,1H3,(H,9,10);1H. The van der Waals surface area contributed by atoms with Crippen molar-refractivity contribution >= 4 is 18.4 Å². The highest BCUT2D eigenvalue weighted by atomic mass is 35.5. The van der Waals surface area contributed by atoms with Gasteiger partial charge in [-0.1, -0.05) is 0 Å². The molecule has 0 aromatic heterocycles. The molecule has 0 saturated carbocycles. The summed E-state index contributed by atoms with van der Waals surface area (Å²) >= 11 is 0. The van der Waals surface area contributed by atoms with E-state index in [0.717, 1.165) is 25.6 Å². The number of guanidine groups is 1. The lowest BCUT2D eigenvalue weighted by Crippen LogP contribution is -2.43. The van der Waals surface area contributed by atoms with Gasteiger partial charge < -0.3 is 4.90 Å². The Morgan fingerprint density at radius 3 is 2.50 bits per heavy atom. The van der Waals surface area contributed by atoms with Crippen LogP contribution >= 0.6 is 12.4 Å². The second kappa shape index (κ2) is 6.08. The van der Waals surface area contributed by atoms with Gasteiger partial charge in [-0.05, 0) is 19.8 Å². The largest absolute Gasteiger partial charge is 0.342 e. The highest BCUT2D eigenvalue weighted by Crippen LogP contribution is 2.06. The lowest BCUT2D eigenvalue weighted by molar-refractivity contribution is 0.494. The minimum Gasteiger partial charge on any atom is -0.342 e. The van der Waals surface area contributed by atoms with Crippen molar-refractivity contribution in [3.8, 4) is 0 Å². The number of hydrogen-bond donors (Lipinski definition) is 2. The third-order valence-corrected chi connectivity index (χ3v) is 1.84. The van der Waals surface area contributed by atoms with Crippen molar-refractivity contribution in [2.75, 3.05) is 19.6 Å². The molecule has 1 fully saturated rings. The molecule has 0 radical (unpaired) electrons. The molecule has 1 heterocycles. The Balaban J connectivity index is 0.00000121. The third kappa shape index (κ3) is 2.87. The third-order valence-electron chi connectivity index (χ3n) is 1.84. The summed E-state index contributed by atoms with van der Waals surface area (Å²) in [7, 11) is 0. The van der Waals surface area contributed by atoms with Crippen LogP contribution in [0.15, 0.2) is 4.99 Å². The number of likely N-dealkylation sites (tertiary alicyclic amines) is 1. The minimum absolute atomic E-state index is 0. The van der Waals surface area contributed by atoms with Crippen molar-refractivity contribution < 1.29 is 0 Å². The molecule has 0 bridgehead atoms. The Labute approximate surface area is 79.6 Å². The SMILES string of the molecule is CCN=C(NN)N1CCCC1.Cl. The summed E-state index contributed by atoms with van der Waals surface area (Å²) in [4.78, 5) is 6.42. The zero-order chi connectivity index (χ0) is 8.10. The predicted molar refractivity (Wildman–Crippen MR) is 53.4 cm³/mol. The molecule has 0 amide bonds. The van der Waals surface area contributed by atoms with Crippen molar-refractivity contribution in [3.63, 3.8) is 0 Å². The van der Waals surface area contributed by atoms with E-state index in [1.807, 2.05) is 6.92 Å². The van der Waals surface area contributed by atoms with Crippen LogP contribution in [0.4, 0.5) is 0 Å². The molecule has 1 rings (SSSR count). The molecule has 3 N–H and O–H groups in total. The Hall–Kier alpha value is -0.480. The summed E-state index contributed by atoms with van der Waals surface area (Å²) < 4.78 is 0. The van der Waals surface area contributed by atoms with Crippen LogP contribution in [0.3, 0.4) is 0 Å². The molecule has 0 aromatic carbocycles. The molecule has 12 heavy (non-hydrogen) atoms. The van der Waals surface area contributed by atoms with E-state index in [2.05, 4.69) is 15.3 Å². The first-order valence-corrected chi connectivity index (χ1v) is 4.14. The average molecular weight is 193 g/mol. The van der Waals surface area contributed by atoms with E-state index in [4.69, 9.17) is 5.84 Å². The summed E-state index contributed by atoms with van der Waals surface area (Å²) in [6.45, 7) is 4.97. The number of nitrogens with one attached hydrogen (secondary N) is 1. The monoisotopic (exact) mass is 192 g/mol. The molecule has 4 nitrogen and oxygen atoms in total. The molecular weight excluding hydrogens is 176 g/mol. The molecule has 72 valence electrons. The number of hydrazine groups is 1. The Morgan fingerprint density at radius 1 is 1.50 bits per heavy atom. The van der Waals surface area contributed by atoms with Crippen molar-refractivity contribution in [1.29, 1.82) is 0 Å². The molecule has 0 unspecified atom stereocenters. The summed E-state index contributed by atoms with van der Waals surface area (Å²) in [5.74, 6) is 6.15. The first-order valence-electron chi connectivity index (χ1n) is 4.14. The fourth-order valence-corrected chi connectivity index (χ4v) is 1.32. The molecular formula is C7H17ClN4. The molecule has 1 aliphatic heterocycles. The van der Waals surface area contributed by atoms with Crippen molar-refractivity contribution in [1.82, 2.24) is 10.3 Å². The zero-order valence-corrected chi connectivity index (χ0v) is 8.23. The van der Waals surface area contributed by atoms with E-state index in [-0.39, 0.29) is 12.4 Å². The summed E-state index contributed by atoms with van der Waals surface area (Å²) in [6.07, 6.45) is 2.51. The van der Waals surface area contributed by atoms with Crippen LogP contribution in [-0.4, -0.2) is 30.5 Å². The van der Waals surface area contributed by atoms with Gasteiger partial charge in [0.2, 0.25) is 5.96 Å². The lowest BCUT2D eigenvalue weighted by Gasteiger charge is -2.18. The molecule has 1 aliphatic rings. The highest BCUT2D eigenvalue weighted by Gasteiger charge is 2.14. The Kier molecular flexibility index (Phi) is 5.84. The zero-order valence-electron chi connectivity index (χ0n) is 7.42. The second-order valence-electron chi connectivity index (χ2n) is 2.64. The van der Waals surface area contributed by atoms with Gasteiger partial charge in [0.15, 0.2) is 0 Å². The molecule has 0 aromatic rings. The van der Waals surface area contributed by atoms with Gasteiger partial charge in [-0.15, -0.1) is 12.4 Å². The average Bonchev–Trinajstić information content (AvgIpc) is 2.52. The van der Waals surface area contributed by atoms with E-state index >= 15 is 0 Å². The number of aliphatic imine (C=N–C) groups is 1. The quantitative estimate of drug-likeness (QED) is 0.273. The van der Waals surface area contributed by atoms with Crippen LogP contribution in [0, 0.1) is 0 Å². The van der Waals surface area contributed by atoms with Gasteiger partial charge in [0.25, 0.3) is 0 Å². The maximum absolute atomic E-state index is 5.32. The van der Waals surface area contributed by atoms with Crippen LogP contribution in [0.25, 0.3) is 0 Å². The van der Waals surface area contributed by atoms with Gasteiger partial charge >= 0.3 is 0 Å². The van der Waals surface area contributed by atoms with Crippen molar-refractivity contribution in [3.05, 3.63) is 0 Å². The highest BCUT2D eigenvalue weighted by molar-refractivity contribution is 5.85. The molecule has 0 atom stereocenters. The first-order chi connectivity index (χ1) is 5.38. The van der Waals surface area contributed by atoms with Crippen molar-refractivity contribution in [2.45, 2.75) is 19.8 Å². The predicted octanol–water partition coefficient (Wildman–Crippen LogP) is 0.343. The maximum Gasteiger partial charge on any atom is 0.208 e. The smallest absolute Gasteiger partial charge is 0.208 e. The summed E-state index contributed by atoms with van der Waals surface area (Å²) in [5.41, 5.74) is 2.62. The fraction of sp³-hybridized carbons (Fsp3) is 0.857. The molecule has 1 saturated heterocycles. The van der Waals surface area contributed by atoms with Crippen LogP contribution in [0.5, 0.6) is 0 Å². The number of rotatable bonds is 1. The van der Waals surface area contributed by atoms with E-state index in [9.17, 15) is 0 Å². The number of hydrogen-bond acceptors (Lipinski definition) is 2. The van der Waals surface area contributed by atoms with E-state index in [1.165, 1.54) is 12.8 Å². The topological polar surface area (TPSA) is 53.6 Å². The van der Waals surface area contributed by atoms with Gasteiger partial charge in [0, 0.05) is 19.6 Å². The maximum atomic E-state index is 5.32. The molecule has 5 heteroatoms. The second-order valence-corrected chi connectivity index (χ2v) is 2.64. The van der Waals surface area contributed by atoms with Crippen LogP contribution in [0.2, 0.25) is 0 Å². The van der Waals surface area contributed by atoms with E-state index in [1.54, 1.807) is 0 Å². The van der Waals surface area contributed by atoms with Gasteiger partial charge in [-0.2, -0.15) is 0 Å². The summed E-state index contributed by atoms with van der Waals surface area (Å²) in [5, 5.41) is 0. The number of halogens is 1. The van der Waals surface area contributed by atoms with E-state index < -0.39 is 0 Å². The lowest BCUT2D eigenvalue weighted by atomic mass is 10.4. The molecule has 0 spiro atoms.